The van der Waals surface area contributed by atoms with Crippen LogP contribution in [0.15, 0.2) is 54.9 Å². The van der Waals surface area contributed by atoms with Gasteiger partial charge in [-0.1, -0.05) is 24.3 Å². The van der Waals surface area contributed by atoms with E-state index in [9.17, 15) is 0 Å². The monoisotopic (exact) mass is 315 g/mol. The molecule has 0 bridgehead atoms. The van der Waals surface area contributed by atoms with Gasteiger partial charge in [-0.25, -0.2) is 9.97 Å². The van der Waals surface area contributed by atoms with Crippen LogP contribution < -0.4 is 9.64 Å². The van der Waals surface area contributed by atoms with Crippen molar-refractivity contribution >= 4 is 29.5 Å². The largest absolute Gasteiger partial charge is 0.495 e. The van der Waals surface area contributed by atoms with Gasteiger partial charge in [0.25, 0.3) is 0 Å². The van der Waals surface area contributed by atoms with Crippen molar-refractivity contribution in [3.05, 3.63) is 71.5 Å². The Hall–Kier alpha value is -3.14. The van der Waals surface area contributed by atoms with E-state index in [4.69, 9.17) is 9.72 Å². The van der Waals surface area contributed by atoms with E-state index in [0.717, 1.165) is 39.8 Å². The Morgan fingerprint density at radius 3 is 2.58 bits per heavy atom. The first-order valence-corrected chi connectivity index (χ1v) is 7.81. The normalized spacial score (nSPS) is 12.3. The lowest BCUT2D eigenvalue weighted by atomic mass is 10.1. The summed E-state index contributed by atoms with van der Waals surface area (Å²) in [4.78, 5) is 11.4. The Kier molecular flexibility index (Phi) is 3.50. The van der Waals surface area contributed by atoms with Crippen molar-refractivity contribution in [2.24, 2.45) is 0 Å². The van der Waals surface area contributed by atoms with Gasteiger partial charge in [-0.2, -0.15) is 0 Å². The number of methoxy groups -OCH3 is 1. The smallest absolute Gasteiger partial charge is 0.146 e. The van der Waals surface area contributed by atoms with Crippen molar-refractivity contribution < 1.29 is 4.74 Å². The topological polar surface area (TPSA) is 38.2 Å². The molecule has 2 aromatic heterocycles. The minimum Gasteiger partial charge on any atom is -0.495 e. The van der Waals surface area contributed by atoms with E-state index < -0.39 is 0 Å². The van der Waals surface area contributed by atoms with Crippen LogP contribution in [-0.4, -0.2) is 17.1 Å². The molecule has 1 aliphatic heterocycles. The maximum atomic E-state index is 5.58. The van der Waals surface area contributed by atoms with Crippen molar-refractivity contribution in [2.75, 3.05) is 12.0 Å². The molecule has 4 heteroatoms. The number of ether oxygens (including phenoxy) is 1. The lowest BCUT2D eigenvalue weighted by molar-refractivity contribution is 0.416. The van der Waals surface area contributed by atoms with Gasteiger partial charge in [0, 0.05) is 23.5 Å². The molecule has 4 rings (SSSR count). The fraction of sp³-hybridized carbons (Fsp3) is 0.100. The fourth-order valence-corrected chi connectivity index (χ4v) is 2.94. The highest BCUT2D eigenvalue weighted by Crippen LogP contribution is 2.43. The highest BCUT2D eigenvalue weighted by Gasteiger charge is 2.24. The standard InChI is InChI=1S/C20H17N3O/c1-14-12-16-10-9-15-6-5-11-21-19(15)23(20(16)22-13-14)17-7-3-4-8-18(17)24-2/h3-13H,1-2H3. The molecule has 0 amide bonds. The quantitative estimate of drug-likeness (QED) is 0.535. The van der Waals surface area contributed by atoms with Crippen LogP contribution >= 0.6 is 0 Å². The number of rotatable bonds is 2. The number of anilines is 3. The third-order valence-electron chi connectivity index (χ3n) is 4.04. The molecule has 24 heavy (non-hydrogen) atoms. The zero-order valence-corrected chi connectivity index (χ0v) is 13.6. The summed E-state index contributed by atoms with van der Waals surface area (Å²) < 4.78 is 5.58. The lowest BCUT2D eigenvalue weighted by Gasteiger charge is -2.26. The predicted octanol–water partition coefficient (Wildman–Crippen LogP) is 4.75. The summed E-state index contributed by atoms with van der Waals surface area (Å²) in [6.45, 7) is 2.05. The summed E-state index contributed by atoms with van der Waals surface area (Å²) in [5, 5.41) is 0. The number of fused-ring (bicyclic) bond motifs is 2. The minimum absolute atomic E-state index is 0.782. The molecule has 0 radical (unpaired) electrons. The second kappa shape index (κ2) is 5.81. The third-order valence-corrected chi connectivity index (χ3v) is 4.04. The van der Waals surface area contributed by atoms with Crippen LogP contribution in [0.25, 0.3) is 12.2 Å². The van der Waals surface area contributed by atoms with Crippen LogP contribution in [0.3, 0.4) is 0 Å². The van der Waals surface area contributed by atoms with Gasteiger partial charge in [-0.3, -0.25) is 4.90 Å². The first-order valence-electron chi connectivity index (χ1n) is 7.81. The molecular formula is C20H17N3O. The number of hydrogen-bond donors (Lipinski definition) is 0. The van der Waals surface area contributed by atoms with Gasteiger partial charge >= 0.3 is 0 Å². The molecule has 0 aliphatic carbocycles. The molecule has 0 N–H and O–H groups in total. The van der Waals surface area contributed by atoms with E-state index in [-0.39, 0.29) is 0 Å². The Balaban J connectivity index is 2.03. The van der Waals surface area contributed by atoms with Crippen LogP contribution in [0, 0.1) is 6.92 Å². The SMILES string of the molecule is COc1ccccc1N1c2ncccc2C=Cc2cc(C)cnc21. The molecular weight excluding hydrogens is 298 g/mol. The molecule has 0 unspecified atom stereocenters. The van der Waals surface area contributed by atoms with E-state index in [2.05, 4.69) is 34.2 Å². The molecule has 3 heterocycles. The first kappa shape index (κ1) is 14.5. The van der Waals surface area contributed by atoms with Crippen LogP contribution in [0.5, 0.6) is 5.75 Å². The van der Waals surface area contributed by atoms with Crippen LogP contribution in [0.4, 0.5) is 17.3 Å². The van der Waals surface area contributed by atoms with Crippen molar-refractivity contribution in [1.82, 2.24) is 9.97 Å². The molecule has 3 aromatic rings. The number of hydrogen-bond acceptors (Lipinski definition) is 4. The highest BCUT2D eigenvalue weighted by atomic mass is 16.5. The van der Waals surface area contributed by atoms with Crippen LogP contribution in [-0.2, 0) is 0 Å². The predicted molar refractivity (Wildman–Crippen MR) is 96.9 cm³/mol. The van der Waals surface area contributed by atoms with Gasteiger partial charge in [-0.15, -0.1) is 0 Å². The number of para-hydroxylation sites is 2. The third kappa shape index (κ3) is 2.33. The molecule has 0 fully saturated rings. The second-order valence-corrected chi connectivity index (χ2v) is 5.68. The summed E-state index contributed by atoms with van der Waals surface area (Å²) in [7, 11) is 1.68. The number of aromatic nitrogens is 2. The molecule has 0 spiro atoms. The van der Waals surface area contributed by atoms with E-state index in [1.54, 1.807) is 13.3 Å². The first-order chi connectivity index (χ1) is 11.8. The molecule has 0 atom stereocenters. The second-order valence-electron chi connectivity index (χ2n) is 5.68. The van der Waals surface area contributed by atoms with E-state index in [0.29, 0.717) is 0 Å². The number of benzene rings is 1. The average molecular weight is 315 g/mol. The zero-order valence-electron chi connectivity index (χ0n) is 13.6. The maximum Gasteiger partial charge on any atom is 0.146 e. The fourth-order valence-electron chi connectivity index (χ4n) is 2.94. The van der Waals surface area contributed by atoms with Crippen molar-refractivity contribution in [3.63, 3.8) is 0 Å². The number of pyridine rings is 2. The van der Waals surface area contributed by atoms with E-state index in [1.165, 1.54) is 0 Å². The van der Waals surface area contributed by atoms with E-state index >= 15 is 0 Å². The molecule has 0 saturated carbocycles. The molecule has 1 aliphatic rings. The van der Waals surface area contributed by atoms with Crippen molar-refractivity contribution in [2.45, 2.75) is 6.92 Å². The van der Waals surface area contributed by atoms with Crippen molar-refractivity contribution in [3.8, 4) is 5.75 Å². The molecule has 1 aromatic carbocycles. The van der Waals surface area contributed by atoms with Gasteiger partial charge in [0.1, 0.15) is 17.4 Å². The van der Waals surface area contributed by atoms with Crippen LogP contribution in [0.1, 0.15) is 16.7 Å². The molecule has 4 nitrogen and oxygen atoms in total. The summed E-state index contributed by atoms with van der Waals surface area (Å²) in [5.41, 5.74) is 4.14. The van der Waals surface area contributed by atoms with Crippen molar-refractivity contribution in [1.29, 1.82) is 0 Å². The summed E-state index contributed by atoms with van der Waals surface area (Å²) in [6.07, 6.45) is 7.85. The Morgan fingerprint density at radius 2 is 1.71 bits per heavy atom. The van der Waals surface area contributed by atoms with Crippen LogP contribution in [0.2, 0.25) is 0 Å². The Bertz CT molecular complexity index is 934. The van der Waals surface area contributed by atoms with Gasteiger partial charge in [0.15, 0.2) is 0 Å². The highest BCUT2D eigenvalue weighted by molar-refractivity contribution is 5.91. The Morgan fingerprint density at radius 1 is 0.917 bits per heavy atom. The lowest BCUT2D eigenvalue weighted by Crippen LogP contribution is -2.15. The average Bonchev–Trinajstić information content (AvgIpc) is 2.78. The summed E-state index contributed by atoms with van der Waals surface area (Å²) in [5.74, 6) is 2.47. The zero-order chi connectivity index (χ0) is 16.5. The minimum atomic E-state index is 0.782. The van der Waals surface area contributed by atoms with Gasteiger partial charge < -0.3 is 4.74 Å². The van der Waals surface area contributed by atoms with Gasteiger partial charge in [-0.05, 0) is 42.8 Å². The number of nitrogens with zero attached hydrogens (tertiary/aromatic N) is 3. The molecule has 118 valence electrons. The van der Waals surface area contributed by atoms with Gasteiger partial charge in [0.2, 0.25) is 0 Å². The van der Waals surface area contributed by atoms with Gasteiger partial charge in [0.05, 0.1) is 12.8 Å². The molecule has 0 saturated heterocycles. The van der Waals surface area contributed by atoms with E-state index in [1.807, 2.05) is 43.5 Å². The summed E-state index contributed by atoms with van der Waals surface area (Å²) >= 11 is 0. The summed E-state index contributed by atoms with van der Waals surface area (Å²) in [6, 6.07) is 14.1. The Labute approximate surface area is 141 Å². The number of aryl methyl sites for hydroxylation is 1. The maximum absolute atomic E-state index is 5.58.